The van der Waals surface area contributed by atoms with Gasteiger partial charge < -0.3 is 14.7 Å². The fourth-order valence-electron chi connectivity index (χ4n) is 1.74. The summed E-state index contributed by atoms with van der Waals surface area (Å²) in [6.07, 6.45) is -1.23. The monoisotopic (exact) mass is 239 g/mol. The first-order valence-electron chi connectivity index (χ1n) is 5.48. The van der Waals surface area contributed by atoms with E-state index in [1.165, 1.54) is 24.3 Å². The van der Waals surface area contributed by atoms with Crippen molar-refractivity contribution in [3.8, 4) is 0 Å². The molecule has 0 aliphatic carbocycles. The summed E-state index contributed by atoms with van der Waals surface area (Å²) >= 11 is 0. The van der Waals surface area contributed by atoms with Gasteiger partial charge in [-0.1, -0.05) is 12.1 Å². The van der Waals surface area contributed by atoms with E-state index in [1.54, 1.807) is 4.90 Å². The highest BCUT2D eigenvalue weighted by molar-refractivity contribution is 5.82. The Morgan fingerprint density at radius 1 is 1.29 bits per heavy atom. The highest BCUT2D eigenvalue weighted by atomic mass is 19.1. The number of carbonyl (C=O) groups excluding carboxylic acids is 1. The molecule has 1 amide bonds. The maximum atomic E-state index is 12.7. The SMILES string of the molecule is O=C(C(O)c1ccc(F)cc1)N1CCOCC1. The quantitative estimate of drug-likeness (QED) is 0.827. The highest BCUT2D eigenvalue weighted by Gasteiger charge is 2.25. The molecule has 92 valence electrons. The summed E-state index contributed by atoms with van der Waals surface area (Å²) in [4.78, 5) is 13.5. The summed E-state index contributed by atoms with van der Waals surface area (Å²) in [5.41, 5.74) is 0.405. The molecule has 1 aliphatic heterocycles. The zero-order valence-electron chi connectivity index (χ0n) is 9.30. The fraction of sp³-hybridized carbons (Fsp3) is 0.417. The van der Waals surface area contributed by atoms with Crippen LogP contribution in [-0.4, -0.2) is 42.2 Å². The van der Waals surface area contributed by atoms with Gasteiger partial charge >= 0.3 is 0 Å². The largest absolute Gasteiger partial charge is 0.378 e. The summed E-state index contributed by atoms with van der Waals surface area (Å²) in [5, 5.41) is 9.88. The molecule has 0 bridgehead atoms. The molecule has 0 radical (unpaired) electrons. The second-order valence-corrected chi connectivity index (χ2v) is 3.89. The number of rotatable bonds is 2. The lowest BCUT2D eigenvalue weighted by atomic mass is 10.1. The van der Waals surface area contributed by atoms with Crippen molar-refractivity contribution >= 4 is 5.91 Å². The number of amides is 1. The van der Waals surface area contributed by atoms with Crippen LogP contribution in [0.25, 0.3) is 0 Å². The molecule has 0 spiro atoms. The van der Waals surface area contributed by atoms with Crippen LogP contribution in [0.1, 0.15) is 11.7 Å². The minimum atomic E-state index is -1.23. The average molecular weight is 239 g/mol. The Kier molecular flexibility index (Phi) is 3.71. The third kappa shape index (κ3) is 2.81. The van der Waals surface area contributed by atoms with Crippen LogP contribution in [0.2, 0.25) is 0 Å². The van der Waals surface area contributed by atoms with Crippen LogP contribution < -0.4 is 0 Å². The molecule has 1 aromatic carbocycles. The lowest BCUT2D eigenvalue weighted by Crippen LogP contribution is -2.43. The zero-order valence-corrected chi connectivity index (χ0v) is 9.30. The van der Waals surface area contributed by atoms with Gasteiger partial charge in [-0.15, -0.1) is 0 Å². The van der Waals surface area contributed by atoms with Crippen molar-refractivity contribution in [1.82, 2.24) is 4.90 Å². The second-order valence-electron chi connectivity index (χ2n) is 3.89. The Hall–Kier alpha value is -1.46. The fourth-order valence-corrected chi connectivity index (χ4v) is 1.74. The molecule has 0 aromatic heterocycles. The van der Waals surface area contributed by atoms with Crippen molar-refractivity contribution in [2.24, 2.45) is 0 Å². The standard InChI is InChI=1S/C12H14FNO3/c13-10-3-1-9(2-4-10)11(15)12(16)14-5-7-17-8-6-14/h1-4,11,15H,5-8H2. The van der Waals surface area contributed by atoms with E-state index in [4.69, 9.17) is 4.74 Å². The zero-order chi connectivity index (χ0) is 12.3. The molecule has 1 aromatic rings. The van der Waals surface area contributed by atoms with E-state index in [0.29, 0.717) is 31.9 Å². The molecule has 1 N–H and O–H groups in total. The van der Waals surface area contributed by atoms with E-state index in [2.05, 4.69) is 0 Å². The molecule has 1 unspecified atom stereocenters. The van der Waals surface area contributed by atoms with Crippen LogP contribution in [0, 0.1) is 5.82 Å². The maximum Gasteiger partial charge on any atom is 0.256 e. The predicted octanol–water partition coefficient (Wildman–Crippen LogP) is 0.718. The van der Waals surface area contributed by atoms with Gasteiger partial charge in [-0.25, -0.2) is 4.39 Å². The molecule has 1 aliphatic rings. The van der Waals surface area contributed by atoms with Gasteiger partial charge in [-0.2, -0.15) is 0 Å². The van der Waals surface area contributed by atoms with Gasteiger partial charge in [0.25, 0.3) is 5.91 Å². The van der Waals surface area contributed by atoms with Crippen LogP contribution >= 0.6 is 0 Å². The summed E-state index contributed by atoms with van der Waals surface area (Å²) in [6, 6.07) is 5.28. The average Bonchev–Trinajstić information content (AvgIpc) is 2.39. The third-order valence-corrected chi connectivity index (χ3v) is 2.74. The lowest BCUT2D eigenvalue weighted by Gasteiger charge is -2.28. The van der Waals surface area contributed by atoms with Gasteiger partial charge in [-0.3, -0.25) is 4.79 Å². The Morgan fingerprint density at radius 3 is 2.47 bits per heavy atom. The molecule has 5 heteroatoms. The van der Waals surface area contributed by atoms with Crippen molar-refractivity contribution in [3.63, 3.8) is 0 Å². The maximum absolute atomic E-state index is 12.7. The van der Waals surface area contributed by atoms with E-state index in [0.717, 1.165) is 0 Å². The molecule has 0 saturated carbocycles. The van der Waals surface area contributed by atoms with Crippen molar-refractivity contribution in [1.29, 1.82) is 0 Å². The highest BCUT2D eigenvalue weighted by Crippen LogP contribution is 2.16. The topological polar surface area (TPSA) is 49.8 Å². The summed E-state index contributed by atoms with van der Waals surface area (Å²) < 4.78 is 17.8. The minimum absolute atomic E-state index is 0.361. The van der Waals surface area contributed by atoms with E-state index in [9.17, 15) is 14.3 Å². The molecule has 4 nitrogen and oxygen atoms in total. The third-order valence-electron chi connectivity index (χ3n) is 2.74. The number of aliphatic hydroxyl groups excluding tert-OH is 1. The lowest BCUT2D eigenvalue weighted by molar-refractivity contribution is -0.144. The Bertz CT molecular complexity index is 387. The van der Waals surface area contributed by atoms with Crippen molar-refractivity contribution in [2.75, 3.05) is 26.3 Å². The molecule has 1 atom stereocenters. The first kappa shape index (κ1) is 12.0. The number of morpholine rings is 1. The molecule has 2 rings (SSSR count). The molecule has 17 heavy (non-hydrogen) atoms. The first-order valence-corrected chi connectivity index (χ1v) is 5.48. The Morgan fingerprint density at radius 2 is 1.88 bits per heavy atom. The number of aliphatic hydroxyl groups is 1. The van der Waals surface area contributed by atoms with Gasteiger partial charge in [0.2, 0.25) is 0 Å². The van der Waals surface area contributed by atoms with Crippen LogP contribution in [0.5, 0.6) is 0 Å². The van der Waals surface area contributed by atoms with Crippen molar-refractivity contribution < 1.29 is 19.0 Å². The van der Waals surface area contributed by atoms with E-state index >= 15 is 0 Å². The molecular formula is C12H14FNO3. The predicted molar refractivity (Wildman–Crippen MR) is 58.8 cm³/mol. The van der Waals surface area contributed by atoms with Gasteiger partial charge in [0.05, 0.1) is 13.2 Å². The summed E-state index contributed by atoms with van der Waals surface area (Å²) in [5.74, 6) is -0.750. The van der Waals surface area contributed by atoms with Gasteiger partial charge in [-0.05, 0) is 17.7 Å². The van der Waals surface area contributed by atoms with E-state index in [-0.39, 0.29) is 11.7 Å². The number of hydrogen-bond acceptors (Lipinski definition) is 3. The number of hydrogen-bond donors (Lipinski definition) is 1. The van der Waals surface area contributed by atoms with Crippen molar-refractivity contribution in [2.45, 2.75) is 6.10 Å². The van der Waals surface area contributed by atoms with Crippen LogP contribution in [0.15, 0.2) is 24.3 Å². The molecule has 1 saturated heterocycles. The van der Waals surface area contributed by atoms with E-state index < -0.39 is 6.10 Å². The Labute approximate surface area is 98.6 Å². The molecule has 1 heterocycles. The van der Waals surface area contributed by atoms with Gasteiger partial charge in [0, 0.05) is 13.1 Å². The van der Waals surface area contributed by atoms with Crippen LogP contribution in [-0.2, 0) is 9.53 Å². The summed E-state index contributed by atoms with van der Waals surface area (Å²) in [6.45, 7) is 1.94. The van der Waals surface area contributed by atoms with Crippen LogP contribution in [0.4, 0.5) is 4.39 Å². The van der Waals surface area contributed by atoms with E-state index in [1.807, 2.05) is 0 Å². The van der Waals surface area contributed by atoms with Crippen molar-refractivity contribution in [3.05, 3.63) is 35.6 Å². The number of nitrogens with zero attached hydrogens (tertiary/aromatic N) is 1. The smallest absolute Gasteiger partial charge is 0.256 e. The van der Waals surface area contributed by atoms with Gasteiger partial charge in [0.15, 0.2) is 6.10 Å². The molecular weight excluding hydrogens is 225 g/mol. The number of halogens is 1. The number of benzene rings is 1. The Balaban J connectivity index is 2.05. The minimum Gasteiger partial charge on any atom is -0.378 e. The normalized spacial score (nSPS) is 17.9. The second kappa shape index (κ2) is 5.25. The first-order chi connectivity index (χ1) is 8.18. The number of ether oxygens (including phenoxy) is 1. The van der Waals surface area contributed by atoms with Crippen LogP contribution in [0.3, 0.4) is 0 Å². The summed E-state index contributed by atoms with van der Waals surface area (Å²) in [7, 11) is 0. The number of carbonyl (C=O) groups is 1. The van der Waals surface area contributed by atoms with Gasteiger partial charge in [0.1, 0.15) is 5.82 Å². The molecule has 1 fully saturated rings.